The number of rotatable bonds is 10. The van der Waals surface area contributed by atoms with Crippen molar-refractivity contribution in [3.05, 3.63) is 71.4 Å². The molecule has 232 valence electrons. The Morgan fingerprint density at radius 2 is 1.44 bits per heavy atom. The number of amides is 2. The first-order chi connectivity index (χ1) is 20.1. The van der Waals surface area contributed by atoms with Gasteiger partial charge in [-0.1, -0.05) is 13.8 Å². The number of halogens is 6. The lowest BCUT2D eigenvalue weighted by molar-refractivity contribution is -0.143. The molecule has 2 aromatic carbocycles. The average Bonchev–Trinajstić information content (AvgIpc) is 2.96. The molecule has 0 fully saturated rings. The second-order valence-electron chi connectivity index (χ2n) is 9.36. The first kappa shape index (κ1) is 33.1. The molecule has 0 spiro atoms. The lowest BCUT2D eigenvalue weighted by Crippen LogP contribution is -2.36. The van der Waals surface area contributed by atoms with Crippen LogP contribution in [0.5, 0.6) is 5.75 Å². The van der Waals surface area contributed by atoms with Crippen molar-refractivity contribution in [3.63, 3.8) is 0 Å². The zero-order valence-corrected chi connectivity index (χ0v) is 23.8. The van der Waals surface area contributed by atoms with Crippen LogP contribution in [0.1, 0.15) is 35.3 Å². The standard InChI is InChI=1S/C28H30F6N6O3/c1-5-40(6-2)14-13-38(3)24(41)18-7-9-21(10-8-18)36-25-35-12-11-23(37-25)39(4)26(42)43-22-16-19(27(29,30)31)15-20(17-22)28(32,33)34/h7-12,15-17H,5-6,13-14H2,1-4H3,(H,35,36,37). The van der Waals surface area contributed by atoms with E-state index in [1.165, 1.54) is 19.3 Å². The normalized spacial score (nSPS) is 11.8. The molecule has 0 aliphatic heterocycles. The Labute approximate surface area is 244 Å². The van der Waals surface area contributed by atoms with Crippen molar-refractivity contribution in [1.82, 2.24) is 19.8 Å². The van der Waals surface area contributed by atoms with E-state index in [1.54, 1.807) is 36.2 Å². The fourth-order valence-corrected chi connectivity index (χ4v) is 3.82. The first-order valence-corrected chi connectivity index (χ1v) is 13.0. The molecule has 1 heterocycles. The van der Waals surface area contributed by atoms with Crippen molar-refractivity contribution in [3.8, 4) is 5.75 Å². The molecule has 3 aromatic rings. The molecule has 0 saturated carbocycles. The van der Waals surface area contributed by atoms with Crippen molar-refractivity contribution >= 4 is 29.5 Å². The summed E-state index contributed by atoms with van der Waals surface area (Å²) in [4.78, 5) is 38.2. The Morgan fingerprint density at radius 1 is 0.860 bits per heavy atom. The van der Waals surface area contributed by atoms with Gasteiger partial charge in [-0.2, -0.15) is 31.3 Å². The summed E-state index contributed by atoms with van der Waals surface area (Å²) in [6, 6.07) is 8.31. The van der Waals surface area contributed by atoms with Gasteiger partial charge in [-0.25, -0.2) is 9.78 Å². The summed E-state index contributed by atoms with van der Waals surface area (Å²) in [5, 5.41) is 2.90. The van der Waals surface area contributed by atoms with Gasteiger partial charge in [0.05, 0.1) is 11.1 Å². The van der Waals surface area contributed by atoms with E-state index >= 15 is 0 Å². The molecular weight excluding hydrogens is 582 g/mol. The molecule has 0 unspecified atom stereocenters. The third kappa shape index (κ3) is 9.04. The highest BCUT2D eigenvalue weighted by Crippen LogP contribution is 2.38. The molecule has 43 heavy (non-hydrogen) atoms. The zero-order valence-electron chi connectivity index (χ0n) is 23.8. The van der Waals surface area contributed by atoms with E-state index in [1.807, 2.05) is 0 Å². The summed E-state index contributed by atoms with van der Waals surface area (Å²) in [6.07, 6.45) is -10.2. The summed E-state index contributed by atoms with van der Waals surface area (Å²) in [5.41, 5.74) is -2.28. The van der Waals surface area contributed by atoms with Crippen LogP contribution in [0.3, 0.4) is 0 Å². The van der Waals surface area contributed by atoms with Crippen LogP contribution in [0.4, 0.5) is 48.6 Å². The van der Waals surface area contributed by atoms with E-state index in [4.69, 9.17) is 4.74 Å². The number of ether oxygens (including phenoxy) is 1. The van der Waals surface area contributed by atoms with Gasteiger partial charge in [-0.05, 0) is 61.6 Å². The predicted molar refractivity (Wildman–Crippen MR) is 147 cm³/mol. The van der Waals surface area contributed by atoms with Crippen LogP contribution in [0.2, 0.25) is 0 Å². The third-order valence-electron chi connectivity index (χ3n) is 6.41. The third-order valence-corrected chi connectivity index (χ3v) is 6.41. The zero-order chi connectivity index (χ0) is 31.9. The molecule has 0 bridgehead atoms. The monoisotopic (exact) mass is 612 g/mol. The van der Waals surface area contributed by atoms with Crippen molar-refractivity contribution in [2.75, 3.05) is 50.5 Å². The molecule has 9 nitrogen and oxygen atoms in total. The number of alkyl halides is 6. The van der Waals surface area contributed by atoms with Gasteiger partial charge in [0.1, 0.15) is 11.6 Å². The summed E-state index contributed by atoms with van der Waals surface area (Å²) < 4.78 is 83.6. The molecule has 0 atom stereocenters. The highest BCUT2D eigenvalue weighted by molar-refractivity contribution is 5.94. The Bertz CT molecular complexity index is 1380. The van der Waals surface area contributed by atoms with E-state index in [0.717, 1.165) is 24.5 Å². The fourth-order valence-electron chi connectivity index (χ4n) is 3.82. The largest absolute Gasteiger partial charge is 0.420 e. The van der Waals surface area contributed by atoms with Gasteiger partial charge in [0.25, 0.3) is 5.91 Å². The molecule has 0 saturated heterocycles. The number of nitrogens with zero attached hydrogens (tertiary/aromatic N) is 5. The molecule has 0 radical (unpaired) electrons. The van der Waals surface area contributed by atoms with Gasteiger partial charge in [0.2, 0.25) is 5.95 Å². The summed E-state index contributed by atoms with van der Waals surface area (Å²) >= 11 is 0. The van der Waals surface area contributed by atoms with Crippen LogP contribution >= 0.6 is 0 Å². The first-order valence-electron chi connectivity index (χ1n) is 13.0. The fraction of sp³-hybridized carbons (Fsp3) is 0.357. The number of anilines is 3. The minimum atomic E-state index is -5.10. The van der Waals surface area contributed by atoms with Gasteiger partial charge in [0.15, 0.2) is 0 Å². The number of carbonyl (C=O) groups excluding carboxylic acids is 2. The van der Waals surface area contributed by atoms with Crippen LogP contribution in [0.25, 0.3) is 0 Å². The Morgan fingerprint density at radius 3 is 1.98 bits per heavy atom. The minimum Gasteiger partial charge on any atom is -0.410 e. The highest BCUT2D eigenvalue weighted by Gasteiger charge is 2.37. The number of hydrogen-bond donors (Lipinski definition) is 1. The second-order valence-corrected chi connectivity index (χ2v) is 9.36. The van der Waals surface area contributed by atoms with Crippen molar-refractivity contribution < 1.29 is 40.7 Å². The number of likely N-dealkylation sites (N-methyl/N-ethyl adjacent to an activating group) is 2. The maximum absolute atomic E-state index is 13.1. The molecule has 2 amide bonds. The van der Waals surface area contributed by atoms with E-state index in [0.29, 0.717) is 29.9 Å². The van der Waals surface area contributed by atoms with Gasteiger partial charge in [0, 0.05) is 44.6 Å². The Balaban J connectivity index is 1.69. The number of aromatic nitrogens is 2. The molecular formula is C28H30F6N6O3. The lowest BCUT2D eigenvalue weighted by atomic mass is 10.1. The smallest absolute Gasteiger partial charge is 0.410 e. The van der Waals surface area contributed by atoms with Crippen LogP contribution in [0, 0.1) is 0 Å². The van der Waals surface area contributed by atoms with Gasteiger partial charge < -0.3 is 19.9 Å². The summed E-state index contributed by atoms with van der Waals surface area (Å²) in [7, 11) is 2.89. The van der Waals surface area contributed by atoms with Crippen LogP contribution in [-0.4, -0.2) is 72.0 Å². The number of benzene rings is 2. The van der Waals surface area contributed by atoms with Crippen molar-refractivity contribution in [2.24, 2.45) is 0 Å². The maximum Gasteiger partial charge on any atom is 0.420 e. The summed E-state index contributed by atoms with van der Waals surface area (Å²) in [6.45, 7) is 7.19. The quantitative estimate of drug-likeness (QED) is 0.269. The van der Waals surface area contributed by atoms with Crippen LogP contribution in [-0.2, 0) is 12.4 Å². The number of hydrogen-bond acceptors (Lipinski definition) is 7. The molecule has 1 N–H and O–H groups in total. The molecule has 3 rings (SSSR count). The van der Waals surface area contributed by atoms with Crippen LogP contribution in [0.15, 0.2) is 54.7 Å². The predicted octanol–water partition coefficient (Wildman–Crippen LogP) is 6.31. The van der Waals surface area contributed by atoms with Gasteiger partial charge >= 0.3 is 18.4 Å². The van der Waals surface area contributed by atoms with Crippen molar-refractivity contribution in [1.29, 1.82) is 0 Å². The molecule has 0 aliphatic carbocycles. The summed E-state index contributed by atoms with van der Waals surface area (Å²) in [5.74, 6) is -1.14. The van der Waals surface area contributed by atoms with Crippen molar-refractivity contribution in [2.45, 2.75) is 26.2 Å². The minimum absolute atomic E-state index is 0.0194. The molecule has 0 aliphatic rings. The van der Waals surface area contributed by atoms with E-state index in [2.05, 4.69) is 34.0 Å². The number of nitrogens with one attached hydrogen (secondary N) is 1. The highest BCUT2D eigenvalue weighted by atomic mass is 19.4. The van der Waals surface area contributed by atoms with Gasteiger partial charge in [-0.15, -0.1) is 0 Å². The lowest BCUT2D eigenvalue weighted by Gasteiger charge is -2.23. The number of carbonyl (C=O) groups is 2. The van der Waals surface area contributed by atoms with E-state index in [9.17, 15) is 35.9 Å². The average molecular weight is 613 g/mol. The molecule has 15 heteroatoms. The van der Waals surface area contributed by atoms with E-state index in [-0.39, 0.29) is 23.7 Å². The Hall–Kier alpha value is -4.40. The van der Waals surface area contributed by atoms with Gasteiger partial charge in [-0.3, -0.25) is 9.69 Å². The van der Waals surface area contributed by atoms with E-state index < -0.39 is 35.3 Å². The van der Waals surface area contributed by atoms with Crippen LogP contribution < -0.4 is 15.0 Å². The topological polar surface area (TPSA) is 90.9 Å². The second kappa shape index (κ2) is 13.7. The maximum atomic E-state index is 13.1. The Kier molecular flexibility index (Phi) is 10.6. The SMILES string of the molecule is CCN(CC)CCN(C)C(=O)c1ccc(Nc2nccc(N(C)C(=O)Oc3cc(C(F)(F)F)cc(C(F)(F)F)c3)n2)cc1. The molecule has 1 aromatic heterocycles.